The molecule has 1 aliphatic rings. The maximum Gasteiger partial charge on any atom is 0.186 e. The van der Waals surface area contributed by atoms with E-state index in [-0.39, 0.29) is 5.78 Å². The Hall–Kier alpha value is -2.45. The molecule has 1 aliphatic carbocycles. The molecule has 0 spiro atoms. The molecule has 2 aromatic rings. The Morgan fingerprint density at radius 2 is 1.77 bits per heavy atom. The van der Waals surface area contributed by atoms with Gasteiger partial charge in [-0.2, -0.15) is 0 Å². The number of fused-ring (bicyclic) bond motifs is 1. The summed E-state index contributed by atoms with van der Waals surface area (Å²) in [7, 11) is 0. The molecule has 0 fully saturated rings. The normalized spacial score (nSPS) is 18.7. The topological polar surface area (TPSA) is 37.3 Å². The molecule has 22 heavy (non-hydrogen) atoms. The van der Waals surface area contributed by atoms with Gasteiger partial charge in [-0.25, -0.2) is 0 Å². The standard InChI is InChI=1S/C20H18O2/c1-2-14-12-16-10-6-7-11-17(16)20(22)18(14)13-19(21)15-8-4-3-5-9-15/h3-13,20,22H,2H2,1H3. The first-order valence-corrected chi connectivity index (χ1v) is 7.49. The van der Waals surface area contributed by atoms with Crippen LogP contribution in [0.15, 0.2) is 71.8 Å². The second kappa shape index (κ2) is 6.12. The molecule has 0 bridgehead atoms. The van der Waals surface area contributed by atoms with Crippen molar-refractivity contribution < 1.29 is 9.90 Å². The minimum Gasteiger partial charge on any atom is -0.384 e. The number of aliphatic hydroxyl groups is 1. The van der Waals surface area contributed by atoms with E-state index in [1.165, 1.54) is 0 Å². The van der Waals surface area contributed by atoms with E-state index in [2.05, 4.69) is 6.08 Å². The highest BCUT2D eigenvalue weighted by Crippen LogP contribution is 2.37. The predicted octanol–water partition coefficient (Wildman–Crippen LogP) is 4.34. The lowest BCUT2D eigenvalue weighted by atomic mass is 9.83. The van der Waals surface area contributed by atoms with Crippen molar-refractivity contribution in [3.63, 3.8) is 0 Å². The fourth-order valence-corrected chi connectivity index (χ4v) is 2.81. The maximum atomic E-state index is 12.4. The number of aliphatic hydroxyl groups excluding tert-OH is 1. The molecule has 2 heteroatoms. The lowest BCUT2D eigenvalue weighted by Gasteiger charge is -2.24. The third-order valence-electron chi connectivity index (χ3n) is 4.01. The smallest absolute Gasteiger partial charge is 0.186 e. The Morgan fingerprint density at radius 3 is 2.50 bits per heavy atom. The van der Waals surface area contributed by atoms with Crippen LogP contribution in [0.3, 0.4) is 0 Å². The van der Waals surface area contributed by atoms with Gasteiger partial charge in [0, 0.05) is 5.56 Å². The summed E-state index contributed by atoms with van der Waals surface area (Å²) in [6.45, 7) is 2.04. The van der Waals surface area contributed by atoms with Gasteiger partial charge in [-0.3, -0.25) is 4.79 Å². The summed E-state index contributed by atoms with van der Waals surface area (Å²) < 4.78 is 0. The first-order chi connectivity index (χ1) is 10.7. The highest BCUT2D eigenvalue weighted by Gasteiger charge is 2.24. The van der Waals surface area contributed by atoms with E-state index in [0.29, 0.717) is 11.1 Å². The van der Waals surface area contributed by atoms with Gasteiger partial charge in [-0.15, -0.1) is 0 Å². The fourth-order valence-electron chi connectivity index (χ4n) is 2.81. The average molecular weight is 290 g/mol. The van der Waals surface area contributed by atoms with Crippen molar-refractivity contribution >= 4 is 11.9 Å². The molecule has 110 valence electrons. The van der Waals surface area contributed by atoms with Crippen LogP contribution in [0.25, 0.3) is 6.08 Å². The van der Waals surface area contributed by atoms with Gasteiger partial charge in [0.05, 0.1) is 0 Å². The highest BCUT2D eigenvalue weighted by atomic mass is 16.3. The monoisotopic (exact) mass is 290 g/mol. The molecular formula is C20H18O2. The van der Waals surface area contributed by atoms with Crippen LogP contribution in [0.1, 0.15) is 40.9 Å². The number of benzene rings is 2. The van der Waals surface area contributed by atoms with Crippen molar-refractivity contribution in [2.75, 3.05) is 0 Å². The van der Waals surface area contributed by atoms with Gasteiger partial charge < -0.3 is 5.11 Å². The van der Waals surface area contributed by atoms with Crippen LogP contribution < -0.4 is 0 Å². The lowest BCUT2D eigenvalue weighted by molar-refractivity contribution is 0.104. The maximum absolute atomic E-state index is 12.4. The molecule has 1 atom stereocenters. The van der Waals surface area contributed by atoms with Crippen molar-refractivity contribution in [1.82, 2.24) is 0 Å². The number of carbonyl (C=O) groups excluding carboxylic acids is 1. The first-order valence-electron chi connectivity index (χ1n) is 7.49. The lowest BCUT2D eigenvalue weighted by Crippen LogP contribution is -2.12. The molecule has 0 saturated heterocycles. The van der Waals surface area contributed by atoms with Gasteiger partial charge in [0.25, 0.3) is 0 Å². The Labute approximate surface area is 130 Å². The Morgan fingerprint density at radius 1 is 1.09 bits per heavy atom. The van der Waals surface area contributed by atoms with Gasteiger partial charge in [-0.05, 0) is 34.8 Å². The quantitative estimate of drug-likeness (QED) is 0.674. The van der Waals surface area contributed by atoms with Crippen LogP contribution in [0.5, 0.6) is 0 Å². The van der Waals surface area contributed by atoms with E-state index in [0.717, 1.165) is 23.1 Å². The van der Waals surface area contributed by atoms with E-state index >= 15 is 0 Å². The van der Waals surface area contributed by atoms with E-state index in [9.17, 15) is 9.90 Å². The van der Waals surface area contributed by atoms with Gasteiger partial charge >= 0.3 is 0 Å². The van der Waals surface area contributed by atoms with Crippen molar-refractivity contribution in [2.24, 2.45) is 0 Å². The summed E-state index contributed by atoms with van der Waals surface area (Å²) >= 11 is 0. The second-order valence-electron chi connectivity index (χ2n) is 5.38. The predicted molar refractivity (Wildman–Crippen MR) is 88.5 cm³/mol. The van der Waals surface area contributed by atoms with Crippen LogP contribution >= 0.6 is 0 Å². The minimum atomic E-state index is -0.746. The summed E-state index contributed by atoms with van der Waals surface area (Å²) in [5, 5.41) is 10.7. The SMILES string of the molecule is CCC1=Cc2ccccc2C(O)C1=CC(=O)c1ccccc1. The summed E-state index contributed by atoms with van der Waals surface area (Å²) in [5.74, 6) is -0.0756. The zero-order valence-electron chi connectivity index (χ0n) is 12.5. The summed E-state index contributed by atoms with van der Waals surface area (Å²) in [4.78, 5) is 12.4. The van der Waals surface area contributed by atoms with Crippen LogP contribution in [0.2, 0.25) is 0 Å². The van der Waals surface area contributed by atoms with Crippen LogP contribution in [0, 0.1) is 0 Å². The molecule has 0 aromatic heterocycles. The number of hydrogen-bond donors (Lipinski definition) is 1. The van der Waals surface area contributed by atoms with Crippen LogP contribution in [-0.2, 0) is 0 Å². The van der Waals surface area contributed by atoms with E-state index in [1.54, 1.807) is 18.2 Å². The van der Waals surface area contributed by atoms with Crippen molar-refractivity contribution in [1.29, 1.82) is 0 Å². The van der Waals surface area contributed by atoms with Crippen molar-refractivity contribution in [3.05, 3.63) is 88.5 Å². The Bertz CT molecular complexity index is 754. The van der Waals surface area contributed by atoms with Gasteiger partial charge in [0.15, 0.2) is 5.78 Å². The molecule has 3 rings (SSSR count). The zero-order chi connectivity index (χ0) is 15.5. The first kappa shape index (κ1) is 14.5. The molecule has 0 heterocycles. The summed E-state index contributed by atoms with van der Waals surface area (Å²) in [6, 6.07) is 16.9. The van der Waals surface area contributed by atoms with Crippen molar-refractivity contribution in [2.45, 2.75) is 19.4 Å². The van der Waals surface area contributed by atoms with Gasteiger partial charge in [0.1, 0.15) is 6.10 Å². The largest absolute Gasteiger partial charge is 0.384 e. The average Bonchev–Trinajstić information content (AvgIpc) is 2.58. The number of rotatable bonds is 3. The molecule has 0 radical (unpaired) electrons. The molecule has 2 nitrogen and oxygen atoms in total. The van der Waals surface area contributed by atoms with E-state index < -0.39 is 6.10 Å². The van der Waals surface area contributed by atoms with Crippen LogP contribution in [-0.4, -0.2) is 10.9 Å². The third-order valence-corrected chi connectivity index (χ3v) is 4.01. The highest BCUT2D eigenvalue weighted by molar-refractivity contribution is 6.05. The molecule has 0 amide bonds. The van der Waals surface area contributed by atoms with Gasteiger partial charge in [-0.1, -0.05) is 67.6 Å². The minimum absolute atomic E-state index is 0.0756. The number of ketones is 1. The Balaban J connectivity index is 2.03. The molecule has 0 aliphatic heterocycles. The van der Waals surface area contributed by atoms with E-state index in [1.807, 2.05) is 49.4 Å². The summed E-state index contributed by atoms with van der Waals surface area (Å²) in [5.41, 5.74) is 4.23. The van der Waals surface area contributed by atoms with E-state index in [4.69, 9.17) is 0 Å². The molecular weight excluding hydrogens is 272 g/mol. The zero-order valence-corrected chi connectivity index (χ0v) is 12.5. The number of allylic oxidation sites excluding steroid dienone is 1. The fraction of sp³-hybridized carbons (Fsp3) is 0.150. The second-order valence-corrected chi connectivity index (χ2v) is 5.38. The summed E-state index contributed by atoms with van der Waals surface area (Å²) in [6.07, 6.45) is 3.67. The Kier molecular flexibility index (Phi) is 4.03. The molecule has 1 N–H and O–H groups in total. The molecule has 1 unspecified atom stereocenters. The molecule has 2 aromatic carbocycles. The van der Waals surface area contributed by atoms with Crippen molar-refractivity contribution in [3.8, 4) is 0 Å². The van der Waals surface area contributed by atoms with Crippen LogP contribution in [0.4, 0.5) is 0 Å². The molecule has 0 saturated carbocycles. The number of hydrogen-bond acceptors (Lipinski definition) is 2. The number of carbonyl (C=O) groups is 1. The van der Waals surface area contributed by atoms with Gasteiger partial charge in [0.2, 0.25) is 0 Å². The third kappa shape index (κ3) is 2.66.